The van der Waals surface area contributed by atoms with Crippen LogP contribution < -0.4 is 9.80 Å². The Morgan fingerprint density at radius 1 is 0.528 bits per heavy atom. The topological polar surface area (TPSA) is 49.6 Å². The Labute approximate surface area is 210 Å². The van der Waals surface area contributed by atoms with Gasteiger partial charge in [0.15, 0.2) is 0 Å². The molecular weight excluding hydrogens is 446 g/mol. The van der Waals surface area contributed by atoms with Gasteiger partial charge in [-0.15, -0.1) is 0 Å². The zero-order valence-electron chi connectivity index (χ0n) is 19.9. The van der Waals surface area contributed by atoms with Gasteiger partial charge >= 0.3 is 0 Å². The summed E-state index contributed by atoms with van der Waals surface area (Å²) in [5, 5.41) is 11.0. The molecular formula is C31H25N3O2. The van der Waals surface area contributed by atoms with Gasteiger partial charge in [-0.2, -0.15) is 0 Å². The average Bonchev–Trinajstić information content (AvgIpc) is 2.94. The Bertz CT molecular complexity index is 1450. The second-order valence-corrected chi connectivity index (χ2v) is 8.44. The van der Waals surface area contributed by atoms with Crippen molar-refractivity contribution in [3.8, 4) is 11.1 Å². The molecule has 5 aromatic carbocycles. The molecule has 0 heterocycles. The van der Waals surface area contributed by atoms with Crippen molar-refractivity contribution in [3.63, 3.8) is 0 Å². The summed E-state index contributed by atoms with van der Waals surface area (Å²) in [7, 11) is 1.95. The Balaban J connectivity index is 1.49. The molecule has 0 aliphatic rings. The minimum Gasteiger partial charge on any atom is -0.345 e. The van der Waals surface area contributed by atoms with E-state index in [2.05, 4.69) is 89.8 Å². The zero-order valence-corrected chi connectivity index (χ0v) is 19.9. The van der Waals surface area contributed by atoms with E-state index in [0.717, 1.165) is 34.0 Å². The first-order chi connectivity index (χ1) is 17.6. The second-order valence-electron chi connectivity index (χ2n) is 8.44. The van der Waals surface area contributed by atoms with E-state index < -0.39 is 0 Å². The Hall–Kier alpha value is -4.90. The number of nitro groups is 1. The summed E-state index contributed by atoms with van der Waals surface area (Å²) in [6.45, 7) is 0. The maximum atomic E-state index is 11.0. The number of rotatable bonds is 7. The van der Waals surface area contributed by atoms with E-state index in [-0.39, 0.29) is 10.6 Å². The number of nitro benzene ring substituents is 1. The van der Waals surface area contributed by atoms with Crippen LogP contribution in [0.15, 0.2) is 133 Å². The first-order valence-corrected chi connectivity index (χ1v) is 11.7. The first kappa shape index (κ1) is 22.9. The normalized spacial score (nSPS) is 10.6. The van der Waals surface area contributed by atoms with Crippen molar-refractivity contribution in [1.82, 2.24) is 0 Å². The van der Waals surface area contributed by atoms with Crippen molar-refractivity contribution >= 4 is 34.1 Å². The van der Waals surface area contributed by atoms with Crippen molar-refractivity contribution in [2.75, 3.05) is 16.8 Å². The van der Waals surface area contributed by atoms with Crippen LogP contribution in [-0.2, 0) is 0 Å². The summed E-state index contributed by atoms with van der Waals surface area (Å²) >= 11 is 0. The van der Waals surface area contributed by atoms with Crippen molar-refractivity contribution in [2.24, 2.45) is 0 Å². The van der Waals surface area contributed by atoms with Gasteiger partial charge in [0.2, 0.25) is 0 Å². The third-order valence-electron chi connectivity index (χ3n) is 6.17. The average molecular weight is 472 g/mol. The quantitative estimate of drug-likeness (QED) is 0.176. The first-order valence-electron chi connectivity index (χ1n) is 11.7. The van der Waals surface area contributed by atoms with Crippen LogP contribution >= 0.6 is 0 Å². The van der Waals surface area contributed by atoms with E-state index in [9.17, 15) is 10.1 Å². The Morgan fingerprint density at radius 2 is 1.00 bits per heavy atom. The molecule has 0 aliphatic heterocycles. The highest BCUT2D eigenvalue weighted by molar-refractivity contribution is 5.80. The summed E-state index contributed by atoms with van der Waals surface area (Å²) in [4.78, 5) is 14.8. The third-order valence-corrected chi connectivity index (χ3v) is 6.17. The largest absolute Gasteiger partial charge is 0.345 e. The molecule has 0 spiro atoms. The summed E-state index contributed by atoms with van der Waals surface area (Å²) in [6, 6.07) is 44.1. The number of para-hydroxylation sites is 1. The van der Waals surface area contributed by atoms with E-state index in [1.165, 1.54) is 17.7 Å². The molecule has 0 aromatic heterocycles. The lowest BCUT2D eigenvalue weighted by Crippen LogP contribution is -2.12. The molecule has 0 aliphatic carbocycles. The molecule has 0 saturated carbocycles. The predicted octanol–water partition coefficient (Wildman–Crippen LogP) is 8.50. The van der Waals surface area contributed by atoms with Crippen molar-refractivity contribution in [1.29, 1.82) is 0 Å². The van der Waals surface area contributed by atoms with Crippen molar-refractivity contribution < 1.29 is 4.92 Å². The Kier molecular flexibility index (Phi) is 6.45. The Morgan fingerprint density at radius 3 is 1.61 bits per heavy atom. The van der Waals surface area contributed by atoms with Gasteiger partial charge in [0.1, 0.15) is 0 Å². The molecule has 0 atom stereocenters. The molecule has 0 radical (unpaired) electrons. The molecule has 5 nitrogen and oxygen atoms in total. The van der Waals surface area contributed by atoms with Crippen LogP contribution in [0, 0.1) is 10.1 Å². The van der Waals surface area contributed by atoms with Crippen molar-refractivity contribution in [2.45, 2.75) is 0 Å². The molecule has 176 valence electrons. The van der Waals surface area contributed by atoms with Gasteiger partial charge in [-0.05, 0) is 71.8 Å². The van der Waals surface area contributed by atoms with Gasteiger partial charge < -0.3 is 9.80 Å². The number of non-ortho nitro benzene ring substituents is 1. The molecule has 5 rings (SSSR count). The molecule has 0 N–H and O–H groups in total. The lowest BCUT2D eigenvalue weighted by molar-refractivity contribution is -0.384. The predicted molar refractivity (Wildman–Crippen MR) is 148 cm³/mol. The lowest BCUT2D eigenvalue weighted by Gasteiger charge is -2.27. The summed E-state index contributed by atoms with van der Waals surface area (Å²) in [6.07, 6.45) is 0. The molecule has 0 fully saturated rings. The fourth-order valence-electron chi connectivity index (χ4n) is 4.25. The summed E-state index contributed by atoms with van der Waals surface area (Å²) in [5.74, 6) is 0. The highest BCUT2D eigenvalue weighted by Gasteiger charge is 2.14. The fourth-order valence-corrected chi connectivity index (χ4v) is 4.25. The summed E-state index contributed by atoms with van der Waals surface area (Å²) in [5.41, 5.74) is 7.45. The van der Waals surface area contributed by atoms with Crippen LogP contribution in [0.3, 0.4) is 0 Å². The molecule has 36 heavy (non-hydrogen) atoms. The van der Waals surface area contributed by atoms with E-state index in [4.69, 9.17) is 0 Å². The van der Waals surface area contributed by atoms with Gasteiger partial charge in [0.05, 0.1) is 4.92 Å². The number of benzene rings is 5. The maximum absolute atomic E-state index is 11.0. The van der Waals surface area contributed by atoms with Crippen LogP contribution in [0.25, 0.3) is 11.1 Å². The minimum absolute atomic E-state index is 0.0822. The van der Waals surface area contributed by atoms with Crippen LogP contribution in [0.4, 0.5) is 34.1 Å². The number of hydrogen-bond donors (Lipinski definition) is 0. The monoisotopic (exact) mass is 471 g/mol. The van der Waals surface area contributed by atoms with Gasteiger partial charge in [0.25, 0.3) is 5.69 Å². The highest BCUT2D eigenvalue weighted by atomic mass is 16.6. The third kappa shape index (κ3) is 4.81. The van der Waals surface area contributed by atoms with Crippen LogP contribution in [0.1, 0.15) is 0 Å². The highest BCUT2D eigenvalue weighted by Crippen LogP contribution is 2.37. The standard InChI is InChI=1S/C31H25N3O2/c1-32(27-17-21-30(22-18-27)34(35)36)26-15-19-29(20-16-26)33(28-12-6-3-7-13-28)31-14-8-11-25(23-31)24-9-4-2-5-10-24/h2-23H,1H3. The summed E-state index contributed by atoms with van der Waals surface area (Å²) < 4.78 is 0. The smallest absolute Gasteiger partial charge is 0.269 e. The number of hydrogen-bond acceptors (Lipinski definition) is 4. The van der Waals surface area contributed by atoms with Crippen LogP contribution in [0.2, 0.25) is 0 Å². The van der Waals surface area contributed by atoms with Gasteiger partial charge in [-0.3, -0.25) is 10.1 Å². The number of anilines is 5. The van der Waals surface area contributed by atoms with Gasteiger partial charge in [-0.25, -0.2) is 0 Å². The van der Waals surface area contributed by atoms with Crippen LogP contribution in [0.5, 0.6) is 0 Å². The van der Waals surface area contributed by atoms with Gasteiger partial charge in [0, 0.05) is 47.6 Å². The zero-order chi connectivity index (χ0) is 24.9. The molecule has 5 aromatic rings. The maximum Gasteiger partial charge on any atom is 0.269 e. The van der Waals surface area contributed by atoms with E-state index >= 15 is 0 Å². The molecule has 0 bridgehead atoms. The minimum atomic E-state index is -0.385. The lowest BCUT2D eigenvalue weighted by atomic mass is 10.0. The number of nitrogens with zero attached hydrogens (tertiary/aromatic N) is 3. The van der Waals surface area contributed by atoms with E-state index in [0.29, 0.717) is 0 Å². The SMILES string of the molecule is CN(c1ccc(N(c2ccccc2)c2cccc(-c3ccccc3)c2)cc1)c1ccc([N+](=O)[O-])cc1. The fraction of sp³-hybridized carbons (Fsp3) is 0.0323. The van der Waals surface area contributed by atoms with E-state index in [1.807, 2.05) is 36.2 Å². The van der Waals surface area contributed by atoms with Crippen molar-refractivity contribution in [3.05, 3.63) is 144 Å². The molecule has 5 heteroatoms. The molecule has 0 unspecified atom stereocenters. The van der Waals surface area contributed by atoms with E-state index in [1.54, 1.807) is 12.1 Å². The van der Waals surface area contributed by atoms with Crippen LogP contribution in [-0.4, -0.2) is 12.0 Å². The molecule has 0 saturated heterocycles. The molecule has 0 amide bonds. The second kappa shape index (κ2) is 10.2. The van der Waals surface area contributed by atoms with Gasteiger partial charge in [-0.1, -0.05) is 60.7 Å².